The number of rotatable bonds is 0. The van der Waals surface area contributed by atoms with Gasteiger partial charge in [-0.25, -0.2) is 0 Å². The molecule has 0 aliphatic carbocycles. The smallest absolute Gasteiger partial charge is 0.248 e. The number of nitrogens with one attached hydrogen (secondary N) is 2. The van der Waals surface area contributed by atoms with Gasteiger partial charge < -0.3 is 10.6 Å². The van der Waals surface area contributed by atoms with E-state index in [4.69, 9.17) is 0 Å². The maximum Gasteiger partial charge on any atom is 0.248 e. The van der Waals surface area contributed by atoms with E-state index < -0.39 is 0 Å². The zero-order valence-electron chi connectivity index (χ0n) is 6.44. The fourth-order valence-electron chi connectivity index (χ4n) is 1.68. The van der Waals surface area contributed by atoms with Crippen LogP contribution >= 0.6 is 0 Å². The van der Waals surface area contributed by atoms with Crippen molar-refractivity contribution in [1.82, 2.24) is 10.6 Å². The lowest BCUT2D eigenvalue weighted by atomic mass is 9.95. The molecule has 2 aliphatic heterocycles. The van der Waals surface area contributed by atoms with Crippen LogP contribution in [0.4, 0.5) is 0 Å². The summed E-state index contributed by atoms with van der Waals surface area (Å²) in [7, 11) is 0. The summed E-state index contributed by atoms with van der Waals surface area (Å²) in [5, 5.41) is 6.04. The molecule has 0 fully saturated rings. The van der Waals surface area contributed by atoms with Crippen molar-refractivity contribution in [3.63, 3.8) is 0 Å². The van der Waals surface area contributed by atoms with E-state index in [9.17, 15) is 4.79 Å². The van der Waals surface area contributed by atoms with Gasteiger partial charge in [-0.1, -0.05) is 5.57 Å². The van der Waals surface area contributed by atoms with Crippen molar-refractivity contribution >= 4 is 5.91 Å². The quantitative estimate of drug-likeness (QED) is 0.504. The normalized spacial score (nSPS) is 24.5. The van der Waals surface area contributed by atoms with Crippen molar-refractivity contribution in [2.75, 3.05) is 19.6 Å². The second kappa shape index (κ2) is 2.66. The van der Waals surface area contributed by atoms with Gasteiger partial charge in [0, 0.05) is 18.7 Å². The number of carbonyl (C=O) groups excluding carboxylic acids is 1. The van der Waals surface area contributed by atoms with Gasteiger partial charge in [-0.15, -0.1) is 0 Å². The van der Waals surface area contributed by atoms with Gasteiger partial charge in [-0.05, 0) is 19.4 Å². The molecule has 3 heteroatoms. The Morgan fingerprint density at radius 3 is 2.82 bits per heavy atom. The highest BCUT2D eigenvalue weighted by atomic mass is 16.1. The SMILES string of the molecule is O=C1NCCC2=C1CNCC2. The minimum absolute atomic E-state index is 0.137. The van der Waals surface area contributed by atoms with Gasteiger partial charge in [0.2, 0.25) is 5.91 Å². The van der Waals surface area contributed by atoms with Crippen LogP contribution in [0.5, 0.6) is 0 Å². The molecule has 60 valence electrons. The predicted octanol–water partition coefficient (Wildman–Crippen LogP) is -0.204. The minimum atomic E-state index is 0.137. The first-order valence-electron chi connectivity index (χ1n) is 4.08. The van der Waals surface area contributed by atoms with Crippen LogP contribution in [0.1, 0.15) is 12.8 Å². The summed E-state index contributed by atoms with van der Waals surface area (Å²) in [6.45, 7) is 2.63. The van der Waals surface area contributed by atoms with Crippen LogP contribution in [0.3, 0.4) is 0 Å². The summed E-state index contributed by atoms with van der Waals surface area (Å²) in [5.41, 5.74) is 2.36. The molecule has 11 heavy (non-hydrogen) atoms. The van der Waals surface area contributed by atoms with Gasteiger partial charge in [0.05, 0.1) is 0 Å². The highest BCUT2D eigenvalue weighted by Crippen LogP contribution is 2.18. The van der Waals surface area contributed by atoms with Gasteiger partial charge >= 0.3 is 0 Å². The average Bonchev–Trinajstić information content (AvgIpc) is 2.06. The molecule has 0 aromatic rings. The van der Waals surface area contributed by atoms with Crippen molar-refractivity contribution < 1.29 is 4.79 Å². The van der Waals surface area contributed by atoms with Gasteiger partial charge in [0.1, 0.15) is 0 Å². The Kier molecular flexibility index (Phi) is 1.66. The Labute approximate surface area is 65.9 Å². The first-order chi connectivity index (χ1) is 5.38. The van der Waals surface area contributed by atoms with Crippen LogP contribution in [-0.4, -0.2) is 25.5 Å². The summed E-state index contributed by atoms with van der Waals surface area (Å²) < 4.78 is 0. The Balaban J connectivity index is 2.27. The van der Waals surface area contributed by atoms with Crippen LogP contribution in [0, 0.1) is 0 Å². The molecule has 2 heterocycles. The van der Waals surface area contributed by atoms with Gasteiger partial charge in [-0.3, -0.25) is 4.79 Å². The molecular formula is C8H12N2O. The number of hydrogen-bond donors (Lipinski definition) is 2. The first kappa shape index (κ1) is 6.85. The lowest BCUT2D eigenvalue weighted by Gasteiger charge is -2.24. The summed E-state index contributed by atoms with van der Waals surface area (Å²) >= 11 is 0. The van der Waals surface area contributed by atoms with E-state index in [0.29, 0.717) is 0 Å². The molecule has 0 saturated carbocycles. The fraction of sp³-hybridized carbons (Fsp3) is 0.625. The van der Waals surface area contributed by atoms with Crippen molar-refractivity contribution in [3.8, 4) is 0 Å². The standard InChI is InChI=1S/C8H12N2O/c11-8-7-5-9-3-1-6(7)2-4-10-8/h9H,1-5H2,(H,10,11). The second-order valence-corrected chi connectivity index (χ2v) is 3.01. The van der Waals surface area contributed by atoms with Gasteiger partial charge in [0.25, 0.3) is 0 Å². The molecule has 3 nitrogen and oxygen atoms in total. The zero-order valence-corrected chi connectivity index (χ0v) is 6.44. The molecule has 0 bridgehead atoms. The lowest BCUT2D eigenvalue weighted by Crippen LogP contribution is -2.39. The van der Waals surface area contributed by atoms with E-state index in [1.54, 1.807) is 0 Å². The van der Waals surface area contributed by atoms with Crippen LogP contribution in [-0.2, 0) is 4.79 Å². The van der Waals surface area contributed by atoms with E-state index in [0.717, 1.165) is 38.0 Å². The average molecular weight is 152 g/mol. The van der Waals surface area contributed by atoms with Crippen molar-refractivity contribution in [2.45, 2.75) is 12.8 Å². The largest absolute Gasteiger partial charge is 0.352 e. The van der Waals surface area contributed by atoms with Crippen LogP contribution in [0.15, 0.2) is 11.1 Å². The summed E-state index contributed by atoms with van der Waals surface area (Å²) in [6.07, 6.45) is 2.12. The maximum atomic E-state index is 11.2. The van der Waals surface area contributed by atoms with E-state index in [2.05, 4.69) is 10.6 Å². The summed E-state index contributed by atoms with van der Waals surface area (Å²) in [6, 6.07) is 0. The maximum absolute atomic E-state index is 11.2. The van der Waals surface area contributed by atoms with E-state index >= 15 is 0 Å². The zero-order chi connectivity index (χ0) is 7.68. The van der Waals surface area contributed by atoms with Gasteiger partial charge in [-0.2, -0.15) is 0 Å². The highest BCUT2D eigenvalue weighted by Gasteiger charge is 2.21. The molecule has 0 aromatic heterocycles. The first-order valence-corrected chi connectivity index (χ1v) is 4.08. The van der Waals surface area contributed by atoms with E-state index in [1.807, 2.05) is 0 Å². The molecule has 0 saturated heterocycles. The highest BCUT2D eigenvalue weighted by molar-refractivity contribution is 5.95. The van der Waals surface area contributed by atoms with Crippen LogP contribution < -0.4 is 10.6 Å². The summed E-state index contributed by atoms with van der Waals surface area (Å²) in [5.74, 6) is 0.137. The Morgan fingerprint density at radius 2 is 2.00 bits per heavy atom. The van der Waals surface area contributed by atoms with Crippen LogP contribution in [0.2, 0.25) is 0 Å². The van der Waals surface area contributed by atoms with Crippen molar-refractivity contribution in [2.24, 2.45) is 0 Å². The lowest BCUT2D eigenvalue weighted by molar-refractivity contribution is -0.118. The monoisotopic (exact) mass is 152 g/mol. The Hall–Kier alpha value is -0.830. The third-order valence-corrected chi connectivity index (χ3v) is 2.32. The third-order valence-electron chi connectivity index (χ3n) is 2.32. The molecule has 0 aromatic carbocycles. The molecule has 0 radical (unpaired) electrons. The topological polar surface area (TPSA) is 41.1 Å². The Bertz CT molecular complexity index is 216. The number of amides is 1. The molecule has 2 aliphatic rings. The molecule has 2 rings (SSSR count). The van der Waals surface area contributed by atoms with E-state index in [1.165, 1.54) is 5.57 Å². The summed E-state index contributed by atoms with van der Waals surface area (Å²) in [4.78, 5) is 11.2. The van der Waals surface area contributed by atoms with Crippen molar-refractivity contribution in [1.29, 1.82) is 0 Å². The Morgan fingerprint density at radius 1 is 1.18 bits per heavy atom. The third kappa shape index (κ3) is 1.16. The number of hydrogen-bond acceptors (Lipinski definition) is 2. The fourth-order valence-corrected chi connectivity index (χ4v) is 1.68. The molecule has 0 spiro atoms. The van der Waals surface area contributed by atoms with E-state index in [-0.39, 0.29) is 5.91 Å². The minimum Gasteiger partial charge on any atom is -0.352 e. The molecule has 0 atom stereocenters. The van der Waals surface area contributed by atoms with Crippen molar-refractivity contribution in [3.05, 3.63) is 11.1 Å². The number of carbonyl (C=O) groups is 1. The predicted molar refractivity (Wildman–Crippen MR) is 42.1 cm³/mol. The second-order valence-electron chi connectivity index (χ2n) is 3.01. The molecule has 2 N–H and O–H groups in total. The molecule has 1 amide bonds. The molecule has 0 unspecified atom stereocenters. The molecular weight excluding hydrogens is 140 g/mol. The van der Waals surface area contributed by atoms with Crippen LogP contribution in [0.25, 0.3) is 0 Å². The van der Waals surface area contributed by atoms with Gasteiger partial charge in [0.15, 0.2) is 0 Å².